The van der Waals surface area contributed by atoms with Gasteiger partial charge in [-0.15, -0.1) is 0 Å². The molecule has 0 aliphatic carbocycles. The number of rotatable bonds is 4. The monoisotopic (exact) mass is 262 g/mol. The summed E-state index contributed by atoms with van der Waals surface area (Å²) >= 11 is 0. The largest absolute Gasteiger partial charge is 0.447 e. The van der Waals surface area contributed by atoms with Gasteiger partial charge in [-0.05, 0) is 19.1 Å². The van der Waals surface area contributed by atoms with E-state index in [-0.39, 0.29) is 18.4 Å². The van der Waals surface area contributed by atoms with E-state index in [1.165, 1.54) is 0 Å². The first-order chi connectivity index (χ1) is 9.00. The summed E-state index contributed by atoms with van der Waals surface area (Å²) in [5.74, 6) is -0.626. The molecule has 1 unspecified atom stereocenters. The molecule has 2 N–H and O–H groups in total. The Balaban J connectivity index is 2.02. The van der Waals surface area contributed by atoms with Crippen LogP contribution in [0.4, 0.5) is 4.79 Å². The van der Waals surface area contributed by atoms with Crippen LogP contribution in [0.15, 0.2) is 24.3 Å². The van der Waals surface area contributed by atoms with Gasteiger partial charge >= 0.3 is 6.09 Å². The number of hydrogen-bond acceptors (Lipinski definition) is 4. The van der Waals surface area contributed by atoms with Crippen molar-refractivity contribution in [3.05, 3.63) is 35.4 Å². The quantitative estimate of drug-likeness (QED) is 0.824. The molecule has 0 bridgehead atoms. The molecule has 6 heteroatoms. The van der Waals surface area contributed by atoms with Gasteiger partial charge in [0.15, 0.2) is 0 Å². The van der Waals surface area contributed by atoms with Gasteiger partial charge in [0, 0.05) is 13.0 Å². The number of benzene rings is 1. The van der Waals surface area contributed by atoms with Crippen LogP contribution in [0.5, 0.6) is 0 Å². The fraction of sp³-hybridized carbons (Fsp3) is 0.308. The third kappa shape index (κ3) is 2.57. The lowest BCUT2D eigenvalue weighted by atomic mass is 10.1. The van der Waals surface area contributed by atoms with E-state index >= 15 is 0 Å². The van der Waals surface area contributed by atoms with E-state index in [2.05, 4.69) is 0 Å². The van der Waals surface area contributed by atoms with Crippen molar-refractivity contribution in [3.8, 4) is 0 Å². The summed E-state index contributed by atoms with van der Waals surface area (Å²) in [6, 6.07) is 6.68. The molecule has 0 saturated heterocycles. The molecule has 6 nitrogen and oxygen atoms in total. The Morgan fingerprint density at radius 1 is 1.26 bits per heavy atom. The predicted octanol–water partition coefficient (Wildman–Crippen LogP) is 1.16. The van der Waals surface area contributed by atoms with Crippen molar-refractivity contribution in [1.82, 2.24) is 4.90 Å². The predicted molar refractivity (Wildman–Crippen MR) is 66.6 cm³/mol. The van der Waals surface area contributed by atoms with Gasteiger partial charge in [-0.1, -0.05) is 12.1 Å². The fourth-order valence-corrected chi connectivity index (χ4v) is 2.01. The van der Waals surface area contributed by atoms with Crippen molar-refractivity contribution in [1.29, 1.82) is 0 Å². The van der Waals surface area contributed by atoms with Crippen molar-refractivity contribution in [2.75, 3.05) is 6.54 Å². The Kier molecular flexibility index (Phi) is 3.50. The van der Waals surface area contributed by atoms with E-state index < -0.39 is 12.2 Å². The van der Waals surface area contributed by atoms with E-state index in [1.807, 2.05) is 0 Å². The molecule has 1 atom stereocenters. The second-order valence-electron chi connectivity index (χ2n) is 4.34. The van der Waals surface area contributed by atoms with Crippen LogP contribution < -0.4 is 5.73 Å². The molecule has 0 fully saturated rings. The third-order valence-corrected chi connectivity index (χ3v) is 2.95. The molecule has 1 heterocycles. The van der Waals surface area contributed by atoms with Crippen LogP contribution in [0.2, 0.25) is 0 Å². The van der Waals surface area contributed by atoms with Crippen molar-refractivity contribution >= 4 is 17.9 Å². The van der Waals surface area contributed by atoms with Crippen molar-refractivity contribution in [2.45, 2.75) is 19.4 Å². The number of amides is 3. The van der Waals surface area contributed by atoms with Crippen molar-refractivity contribution in [3.63, 3.8) is 0 Å². The van der Waals surface area contributed by atoms with Crippen LogP contribution in [0.3, 0.4) is 0 Å². The van der Waals surface area contributed by atoms with E-state index in [4.69, 9.17) is 10.5 Å². The molecule has 0 spiro atoms. The average Bonchev–Trinajstić information content (AvgIpc) is 2.60. The maximum atomic E-state index is 12.0. The molecular formula is C13H14N2O4. The highest BCUT2D eigenvalue weighted by molar-refractivity contribution is 6.21. The molecule has 100 valence electrons. The first-order valence-electron chi connectivity index (χ1n) is 5.92. The Hall–Kier alpha value is -2.37. The zero-order chi connectivity index (χ0) is 14.0. The van der Waals surface area contributed by atoms with Crippen LogP contribution >= 0.6 is 0 Å². The highest BCUT2D eigenvalue weighted by Crippen LogP contribution is 2.22. The molecule has 3 amide bonds. The maximum absolute atomic E-state index is 12.0. The van der Waals surface area contributed by atoms with E-state index in [1.54, 1.807) is 31.2 Å². The fourth-order valence-electron chi connectivity index (χ4n) is 2.01. The minimum atomic E-state index is -0.866. The van der Waals surface area contributed by atoms with Gasteiger partial charge in [0.05, 0.1) is 11.1 Å². The van der Waals surface area contributed by atoms with Gasteiger partial charge in [0.25, 0.3) is 11.8 Å². The molecule has 0 aromatic heterocycles. The Morgan fingerprint density at radius 2 is 1.79 bits per heavy atom. The molecule has 1 aliphatic heterocycles. The summed E-state index contributed by atoms with van der Waals surface area (Å²) in [5, 5.41) is 0. The van der Waals surface area contributed by atoms with Crippen LogP contribution in [-0.2, 0) is 4.74 Å². The normalized spacial score (nSPS) is 15.3. The third-order valence-electron chi connectivity index (χ3n) is 2.95. The number of carbonyl (C=O) groups excluding carboxylic acids is 3. The lowest BCUT2D eigenvalue weighted by Crippen LogP contribution is -2.33. The summed E-state index contributed by atoms with van der Waals surface area (Å²) in [6.07, 6.45) is -0.953. The minimum absolute atomic E-state index is 0.195. The molecule has 1 aliphatic rings. The number of carbonyl (C=O) groups is 3. The number of primary amides is 1. The number of fused-ring (bicyclic) bond motifs is 1. The highest BCUT2D eigenvalue weighted by atomic mass is 16.6. The zero-order valence-corrected chi connectivity index (χ0v) is 10.5. The maximum Gasteiger partial charge on any atom is 0.404 e. The topological polar surface area (TPSA) is 89.7 Å². The van der Waals surface area contributed by atoms with Crippen LogP contribution in [0, 0.1) is 0 Å². The van der Waals surface area contributed by atoms with E-state index in [0.717, 1.165) is 4.90 Å². The van der Waals surface area contributed by atoms with Crippen molar-refractivity contribution < 1.29 is 19.1 Å². The molecule has 0 radical (unpaired) electrons. The van der Waals surface area contributed by atoms with Crippen LogP contribution in [-0.4, -0.2) is 35.5 Å². The molecular weight excluding hydrogens is 248 g/mol. The lowest BCUT2D eigenvalue weighted by molar-refractivity contribution is 0.0616. The van der Waals surface area contributed by atoms with Gasteiger partial charge in [-0.25, -0.2) is 4.79 Å². The first kappa shape index (κ1) is 13.1. The standard InChI is InChI=1S/C13H14N2O4/c1-8(19-13(14)18)6-7-15-11(16)9-4-2-3-5-10(9)12(15)17/h2-5,8H,6-7H2,1H3,(H2,14,18). The van der Waals surface area contributed by atoms with Gasteiger partial charge in [0.1, 0.15) is 6.10 Å². The highest BCUT2D eigenvalue weighted by Gasteiger charge is 2.34. The van der Waals surface area contributed by atoms with Crippen LogP contribution in [0.1, 0.15) is 34.1 Å². The SMILES string of the molecule is CC(CCN1C(=O)c2ccccc2C1=O)OC(N)=O. The number of ether oxygens (including phenoxy) is 1. The average molecular weight is 262 g/mol. The van der Waals surface area contributed by atoms with Crippen molar-refractivity contribution in [2.24, 2.45) is 5.73 Å². The molecule has 1 aromatic carbocycles. The van der Waals surface area contributed by atoms with E-state index in [9.17, 15) is 14.4 Å². The van der Waals surface area contributed by atoms with Crippen LogP contribution in [0.25, 0.3) is 0 Å². The molecule has 19 heavy (non-hydrogen) atoms. The van der Waals surface area contributed by atoms with Gasteiger partial charge in [-0.2, -0.15) is 0 Å². The van der Waals surface area contributed by atoms with Gasteiger partial charge in [0.2, 0.25) is 0 Å². The Labute approximate surface area is 110 Å². The Bertz CT molecular complexity index is 506. The number of hydrogen-bond donors (Lipinski definition) is 1. The first-order valence-corrected chi connectivity index (χ1v) is 5.92. The minimum Gasteiger partial charge on any atom is -0.447 e. The second-order valence-corrected chi connectivity index (χ2v) is 4.34. The van der Waals surface area contributed by atoms with E-state index in [0.29, 0.717) is 17.5 Å². The summed E-state index contributed by atoms with van der Waals surface area (Å²) in [6.45, 7) is 1.85. The molecule has 0 saturated carbocycles. The number of nitrogens with zero attached hydrogens (tertiary/aromatic N) is 1. The Morgan fingerprint density at radius 3 is 2.26 bits per heavy atom. The summed E-state index contributed by atoms with van der Waals surface area (Å²) in [4.78, 5) is 35.8. The number of nitrogens with two attached hydrogens (primary N) is 1. The zero-order valence-electron chi connectivity index (χ0n) is 10.5. The van der Waals surface area contributed by atoms with Gasteiger partial charge < -0.3 is 10.5 Å². The number of imide groups is 1. The second kappa shape index (κ2) is 5.09. The summed E-state index contributed by atoms with van der Waals surface area (Å²) < 4.78 is 4.75. The summed E-state index contributed by atoms with van der Waals surface area (Å²) in [7, 11) is 0. The summed E-state index contributed by atoms with van der Waals surface area (Å²) in [5.41, 5.74) is 5.72. The smallest absolute Gasteiger partial charge is 0.404 e. The lowest BCUT2D eigenvalue weighted by Gasteiger charge is -2.17. The van der Waals surface area contributed by atoms with Gasteiger partial charge in [-0.3, -0.25) is 14.5 Å². The molecule has 1 aromatic rings. The molecule has 2 rings (SSSR count).